The lowest BCUT2D eigenvalue weighted by molar-refractivity contribution is 0.0599. The van der Waals surface area contributed by atoms with Gasteiger partial charge in [-0.15, -0.1) is 0 Å². The van der Waals surface area contributed by atoms with E-state index in [2.05, 4.69) is 36.3 Å². The van der Waals surface area contributed by atoms with Gasteiger partial charge >= 0.3 is 5.97 Å². The molecular formula is C20H26N2O3. The Labute approximate surface area is 148 Å². The van der Waals surface area contributed by atoms with Crippen LogP contribution in [0, 0.1) is 13.8 Å². The van der Waals surface area contributed by atoms with E-state index in [9.17, 15) is 9.59 Å². The number of anilines is 1. The zero-order valence-corrected chi connectivity index (χ0v) is 15.7. The lowest BCUT2D eigenvalue weighted by atomic mass is 10.0. The van der Waals surface area contributed by atoms with Crippen molar-refractivity contribution in [1.82, 2.24) is 4.98 Å². The Bertz CT molecular complexity index is 790. The molecule has 134 valence electrons. The first kappa shape index (κ1) is 18.8. The Morgan fingerprint density at radius 3 is 2.44 bits per heavy atom. The average Bonchev–Trinajstić information content (AvgIpc) is 2.88. The Morgan fingerprint density at radius 1 is 1.16 bits per heavy atom. The first-order valence-corrected chi connectivity index (χ1v) is 8.44. The summed E-state index contributed by atoms with van der Waals surface area (Å²) in [5.74, 6) is -0.107. The number of nitrogens with one attached hydrogen (secondary N) is 2. The minimum atomic E-state index is -0.435. The molecule has 5 heteroatoms. The van der Waals surface area contributed by atoms with Gasteiger partial charge in [-0.1, -0.05) is 26.0 Å². The van der Waals surface area contributed by atoms with Crippen LogP contribution in [0.25, 0.3) is 0 Å². The van der Waals surface area contributed by atoms with Crippen LogP contribution in [0.5, 0.6) is 0 Å². The molecule has 0 saturated heterocycles. The summed E-state index contributed by atoms with van der Waals surface area (Å²) < 4.78 is 4.80. The number of carbonyl (C=O) groups is 2. The molecule has 5 nitrogen and oxygen atoms in total. The van der Waals surface area contributed by atoms with Gasteiger partial charge in [0.05, 0.1) is 24.4 Å². The zero-order chi connectivity index (χ0) is 18.7. The lowest BCUT2D eigenvalue weighted by Crippen LogP contribution is -2.27. The molecule has 1 aromatic carbocycles. The maximum absolute atomic E-state index is 12.8. The summed E-state index contributed by atoms with van der Waals surface area (Å²) >= 11 is 0. The van der Waals surface area contributed by atoms with Crippen molar-refractivity contribution in [1.29, 1.82) is 0 Å². The van der Waals surface area contributed by atoms with Crippen molar-refractivity contribution in [2.45, 2.75) is 46.6 Å². The van der Waals surface area contributed by atoms with E-state index in [1.807, 2.05) is 19.1 Å². The number of ketones is 1. The monoisotopic (exact) mass is 342 g/mol. The number of ether oxygens (including phenoxy) is 1. The molecule has 0 aliphatic carbocycles. The number of aromatic nitrogens is 1. The van der Waals surface area contributed by atoms with Crippen molar-refractivity contribution in [3.8, 4) is 0 Å². The van der Waals surface area contributed by atoms with E-state index < -0.39 is 12.0 Å². The second-order valence-electron chi connectivity index (χ2n) is 6.63. The number of carbonyl (C=O) groups excluding carboxylic acids is 2. The Kier molecular flexibility index (Phi) is 5.67. The molecule has 0 radical (unpaired) electrons. The fourth-order valence-corrected chi connectivity index (χ4v) is 2.92. The zero-order valence-electron chi connectivity index (χ0n) is 15.7. The van der Waals surface area contributed by atoms with Crippen LogP contribution in [0.4, 0.5) is 5.69 Å². The highest BCUT2D eigenvalue weighted by atomic mass is 16.5. The van der Waals surface area contributed by atoms with Crippen molar-refractivity contribution in [3.63, 3.8) is 0 Å². The number of methoxy groups -OCH3 is 1. The van der Waals surface area contributed by atoms with Gasteiger partial charge in [0, 0.05) is 11.4 Å². The highest BCUT2D eigenvalue weighted by Crippen LogP contribution is 2.22. The summed E-state index contributed by atoms with van der Waals surface area (Å²) in [7, 11) is 1.33. The molecule has 0 saturated carbocycles. The van der Waals surface area contributed by atoms with Crippen LogP contribution < -0.4 is 5.32 Å². The van der Waals surface area contributed by atoms with Crippen LogP contribution in [-0.4, -0.2) is 29.9 Å². The highest BCUT2D eigenvalue weighted by Gasteiger charge is 2.25. The third kappa shape index (κ3) is 3.92. The lowest BCUT2D eigenvalue weighted by Gasteiger charge is -2.16. The number of esters is 1. The molecule has 1 heterocycles. The van der Waals surface area contributed by atoms with Crippen LogP contribution >= 0.6 is 0 Å². The molecule has 0 amide bonds. The van der Waals surface area contributed by atoms with Crippen LogP contribution in [-0.2, 0) is 4.74 Å². The van der Waals surface area contributed by atoms with Crippen molar-refractivity contribution in [3.05, 3.63) is 52.3 Å². The number of rotatable bonds is 6. The fraction of sp³-hybridized carbons (Fsp3) is 0.400. The van der Waals surface area contributed by atoms with Crippen molar-refractivity contribution in [2.24, 2.45) is 0 Å². The Balaban J connectivity index is 2.23. The maximum atomic E-state index is 12.8. The number of benzene rings is 1. The van der Waals surface area contributed by atoms with E-state index in [4.69, 9.17) is 4.74 Å². The molecule has 0 spiro atoms. The van der Waals surface area contributed by atoms with E-state index >= 15 is 0 Å². The van der Waals surface area contributed by atoms with Gasteiger partial charge < -0.3 is 15.0 Å². The second kappa shape index (κ2) is 7.55. The van der Waals surface area contributed by atoms with Gasteiger partial charge in [0.15, 0.2) is 0 Å². The topological polar surface area (TPSA) is 71.2 Å². The fourth-order valence-electron chi connectivity index (χ4n) is 2.92. The Hall–Kier alpha value is -2.56. The van der Waals surface area contributed by atoms with Crippen molar-refractivity contribution >= 4 is 17.4 Å². The number of Topliss-reactive ketones (excluding diaryl/α,β-unsaturated/α-hetero) is 1. The summed E-state index contributed by atoms with van der Waals surface area (Å²) in [4.78, 5) is 27.7. The standard InChI is InChI=1S/C20H26N2O3/c1-11(2)15-8-7-9-16(10-15)21-14(5)19(23)18-12(3)17(13(4)22-18)20(24)25-6/h7-11,14,21-22H,1-6H3/t14-/m1/s1. The van der Waals surface area contributed by atoms with Crippen LogP contribution in [0.2, 0.25) is 0 Å². The minimum absolute atomic E-state index is 0.0919. The summed E-state index contributed by atoms with van der Waals surface area (Å²) in [6.45, 7) is 9.60. The van der Waals surface area contributed by atoms with Gasteiger partial charge in [0.2, 0.25) is 5.78 Å². The van der Waals surface area contributed by atoms with Crippen LogP contribution in [0.3, 0.4) is 0 Å². The second-order valence-corrected chi connectivity index (χ2v) is 6.63. The molecular weight excluding hydrogens is 316 g/mol. The third-order valence-electron chi connectivity index (χ3n) is 4.40. The van der Waals surface area contributed by atoms with E-state index in [-0.39, 0.29) is 5.78 Å². The molecule has 2 N–H and O–H groups in total. The van der Waals surface area contributed by atoms with Crippen LogP contribution in [0.15, 0.2) is 24.3 Å². The van der Waals surface area contributed by atoms with Gasteiger partial charge in [-0.3, -0.25) is 4.79 Å². The first-order chi connectivity index (χ1) is 11.8. The molecule has 1 aromatic heterocycles. The molecule has 2 aromatic rings. The quantitative estimate of drug-likeness (QED) is 0.609. The van der Waals surface area contributed by atoms with Gasteiger partial charge in [0.1, 0.15) is 0 Å². The van der Waals surface area contributed by atoms with E-state index in [1.54, 1.807) is 13.8 Å². The molecule has 0 aliphatic heterocycles. The summed E-state index contributed by atoms with van der Waals surface area (Å²) in [6.07, 6.45) is 0. The van der Waals surface area contributed by atoms with Crippen LogP contribution in [0.1, 0.15) is 64.4 Å². The predicted octanol–water partition coefficient (Wildman–Crippen LogP) is 4.22. The van der Waals surface area contributed by atoms with E-state index in [1.165, 1.54) is 12.7 Å². The molecule has 2 rings (SSSR count). The summed E-state index contributed by atoms with van der Waals surface area (Å²) in [6, 6.07) is 7.63. The minimum Gasteiger partial charge on any atom is -0.465 e. The Morgan fingerprint density at radius 2 is 1.84 bits per heavy atom. The number of hydrogen-bond acceptors (Lipinski definition) is 4. The number of hydrogen-bond donors (Lipinski definition) is 2. The van der Waals surface area contributed by atoms with E-state index in [0.29, 0.717) is 28.4 Å². The molecule has 0 unspecified atom stereocenters. The summed E-state index contributed by atoms with van der Waals surface area (Å²) in [5.41, 5.74) is 4.25. The SMILES string of the molecule is COC(=O)c1c(C)[nH]c(C(=O)[C@@H](C)Nc2cccc(C(C)C)c2)c1C. The van der Waals surface area contributed by atoms with E-state index in [0.717, 1.165) is 5.69 Å². The number of aryl methyl sites for hydroxylation is 1. The van der Waals surface area contributed by atoms with Crippen molar-refractivity contribution in [2.75, 3.05) is 12.4 Å². The molecule has 0 aliphatic rings. The third-order valence-corrected chi connectivity index (χ3v) is 4.40. The van der Waals surface area contributed by atoms with Gasteiger partial charge in [-0.25, -0.2) is 4.79 Å². The first-order valence-electron chi connectivity index (χ1n) is 8.44. The average molecular weight is 342 g/mol. The predicted molar refractivity (Wildman–Crippen MR) is 99.6 cm³/mol. The maximum Gasteiger partial charge on any atom is 0.339 e. The van der Waals surface area contributed by atoms with Gasteiger partial charge in [-0.2, -0.15) is 0 Å². The molecule has 25 heavy (non-hydrogen) atoms. The molecule has 0 fully saturated rings. The van der Waals surface area contributed by atoms with Gasteiger partial charge in [-0.05, 0) is 49.9 Å². The van der Waals surface area contributed by atoms with Crippen molar-refractivity contribution < 1.29 is 14.3 Å². The van der Waals surface area contributed by atoms with Gasteiger partial charge in [0.25, 0.3) is 0 Å². The molecule has 0 bridgehead atoms. The normalized spacial score (nSPS) is 12.1. The number of aromatic amines is 1. The smallest absolute Gasteiger partial charge is 0.339 e. The molecule has 1 atom stereocenters. The number of H-pyrrole nitrogens is 1. The summed E-state index contributed by atoms with van der Waals surface area (Å²) in [5, 5.41) is 3.25. The highest BCUT2D eigenvalue weighted by molar-refractivity contribution is 6.04. The largest absolute Gasteiger partial charge is 0.465 e.